The molecular weight excluding hydrogens is 278 g/mol. The van der Waals surface area contributed by atoms with E-state index in [4.69, 9.17) is 17.3 Å². The van der Waals surface area contributed by atoms with Crippen LogP contribution in [-0.2, 0) is 17.8 Å². The zero-order valence-electron chi connectivity index (χ0n) is 10.5. The van der Waals surface area contributed by atoms with Crippen molar-refractivity contribution in [2.45, 2.75) is 19.0 Å². The van der Waals surface area contributed by atoms with Gasteiger partial charge in [-0.2, -0.15) is 4.98 Å². The Labute approximate surface area is 120 Å². The number of aldehydes is 1. The van der Waals surface area contributed by atoms with Crippen molar-refractivity contribution < 1.29 is 4.79 Å². The third kappa shape index (κ3) is 2.18. The summed E-state index contributed by atoms with van der Waals surface area (Å²) in [5, 5.41) is 0.316. The molecule has 1 aliphatic heterocycles. The highest BCUT2D eigenvalue weighted by atomic mass is 35.5. The lowest BCUT2D eigenvalue weighted by Gasteiger charge is -2.22. The van der Waals surface area contributed by atoms with Crippen LogP contribution in [0.1, 0.15) is 11.1 Å². The maximum absolute atomic E-state index is 11.3. The highest BCUT2D eigenvalue weighted by Gasteiger charge is 2.33. The minimum atomic E-state index is -0.299. The number of nitrogen functional groups attached to an aromatic ring is 1. The molecule has 0 fully saturated rings. The SMILES string of the molecule is Nc1nc(Cl)c2c(n1)N(Cc1ccncc1)C(C=O)C2. The van der Waals surface area contributed by atoms with Crippen LogP contribution in [0.4, 0.5) is 11.8 Å². The summed E-state index contributed by atoms with van der Waals surface area (Å²) in [6.07, 6.45) is 4.82. The zero-order chi connectivity index (χ0) is 14.1. The number of nitrogens with zero attached hydrogens (tertiary/aromatic N) is 4. The van der Waals surface area contributed by atoms with Crippen LogP contribution >= 0.6 is 11.6 Å². The van der Waals surface area contributed by atoms with Gasteiger partial charge in [-0.25, -0.2) is 4.98 Å². The average molecular weight is 290 g/mol. The monoisotopic (exact) mass is 289 g/mol. The van der Waals surface area contributed by atoms with Gasteiger partial charge in [0.25, 0.3) is 0 Å². The molecule has 2 aromatic heterocycles. The zero-order valence-corrected chi connectivity index (χ0v) is 11.3. The molecule has 0 saturated heterocycles. The Balaban J connectivity index is 2.00. The molecule has 0 amide bonds. The maximum Gasteiger partial charge on any atom is 0.223 e. The van der Waals surface area contributed by atoms with Crippen molar-refractivity contribution in [1.82, 2.24) is 15.0 Å². The number of carbonyl (C=O) groups is 1. The molecule has 0 aromatic carbocycles. The molecule has 2 N–H and O–H groups in total. The minimum Gasteiger partial charge on any atom is -0.368 e. The molecule has 1 atom stereocenters. The first-order valence-corrected chi connectivity index (χ1v) is 6.49. The van der Waals surface area contributed by atoms with Gasteiger partial charge in [0, 0.05) is 30.9 Å². The third-order valence-corrected chi connectivity index (χ3v) is 3.61. The van der Waals surface area contributed by atoms with Gasteiger partial charge >= 0.3 is 0 Å². The standard InChI is InChI=1S/C13H12ClN5O/c14-11-10-5-9(7-20)19(12(10)18-13(15)17-11)6-8-1-3-16-4-2-8/h1-4,7,9H,5-6H2,(H2,15,17,18). The molecule has 0 radical (unpaired) electrons. The quantitative estimate of drug-likeness (QED) is 0.676. The lowest BCUT2D eigenvalue weighted by atomic mass is 10.2. The molecule has 3 heterocycles. The van der Waals surface area contributed by atoms with Crippen molar-refractivity contribution in [2.24, 2.45) is 0 Å². The average Bonchev–Trinajstić information content (AvgIpc) is 2.78. The fourth-order valence-electron chi connectivity index (χ4n) is 2.35. The van der Waals surface area contributed by atoms with E-state index >= 15 is 0 Å². The summed E-state index contributed by atoms with van der Waals surface area (Å²) in [6.45, 7) is 0.547. The molecule has 6 nitrogen and oxygen atoms in total. The van der Waals surface area contributed by atoms with Crippen molar-refractivity contribution in [2.75, 3.05) is 10.6 Å². The molecular formula is C13H12ClN5O. The summed E-state index contributed by atoms with van der Waals surface area (Å²) < 4.78 is 0. The van der Waals surface area contributed by atoms with E-state index in [1.165, 1.54) is 0 Å². The number of halogens is 1. The van der Waals surface area contributed by atoms with Crippen molar-refractivity contribution >= 4 is 29.7 Å². The molecule has 20 heavy (non-hydrogen) atoms. The van der Waals surface area contributed by atoms with Crippen molar-refractivity contribution in [3.63, 3.8) is 0 Å². The Kier molecular flexibility index (Phi) is 3.23. The number of hydrogen-bond donors (Lipinski definition) is 1. The number of fused-ring (bicyclic) bond motifs is 1. The lowest BCUT2D eigenvalue weighted by Crippen LogP contribution is -2.33. The number of aromatic nitrogens is 3. The number of anilines is 2. The van der Waals surface area contributed by atoms with Crippen LogP contribution in [0.2, 0.25) is 5.15 Å². The van der Waals surface area contributed by atoms with Gasteiger partial charge in [-0.15, -0.1) is 0 Å². The Morgan fingerprint density at radius 1 is 1.40 bits per heavy atom. The van der Waals surface area contributed by atoms with E-state index in [9.17, 15) is 4.79 Å². The molecule has 1 unspecified atom stereocenters. The first kappa shape index (κ1) is 12.8. The normalized spacial score (nSPS) is 17.1. The maximum atomic E-state index is 11.3. The van der Waals surface area contributed by atoms with E-state index in [0.29, 0.717) is 23.9 Å². The number of nitrogens with two attached hydrogens (primary N) is 1. The molecule has 2 aromatic rings. The first-order chi connectivity index (χ1) is 9.69. The Morgan fingerprint density at radius 3 is 2.85 bits per heavy atom. The molecule has 0 spiro atoms. The van der Waals surface area contributed by atoms with Gasteiger partial charge in [0.15, 0.2) is 0 Å². The van der Waals surface area contributed by atoms with Crippen molar-refractivity contribution in [1.29, 1.82) is 0 Å². The van der Waals surface area contributed by atoms with Gasteiger partial charge in [0.1, 0.15) is 17.3 Å². The van der Waals surface area contributed by atoms with E-state index in [2.05, 4.69) is 15.0 Å². The summed E-state index contributed by atoms with van der Waals surface area (Å²) in [4.78, 5) is 25.3. The van der Waals surface area contributed by atoms with Crippen molar-refractivity contribution in [3.05, 3.63) is 40.8 Å². The largest absolute Gasteiger partial charge is 0.368 e. The van der Waals surface area contributed by atoms with Gasteiger partial charge in [-0.1, -0.05) is 11.6 Å². The van der Waals surface area contributed by atoms with E-state index < -0.39 is 0 Å². The second kappa shape index (κ2) is 5.05. The summed E-state index contributed by atoms with van der Waals surface area (Å²) in [5.41, 5.74) is 7.45. The fraction of sp³-hybridized carbons (Fsp3) is 0.231. The van der Waals surface area contributed by atoms with E-state index in [1.807, 2.05) is 17.0 Å². The predicted molar refractivity (Wildman–Crippen MR) is 75.4 cm³/mol. The van der Waals surface area contributed by atoms with Gasteiger partial charge in [-0.05, 0) is 17.7 Å². The first-order valence-electron chi connectivity index (χ1n) is 6.11. The van der Waals surface area contributed by atoms with E-state index in [1.54, 1.807) is 12.4 Å². The van der Waals surface area contributed by atoms with Gasteiger partial charge < -0.3 is 15.4 Å². The smallest absolute Gasteiger partial charge is 0.223 e. The topological polar surface area (TPSA) is 85.0 Å². The summed E-state index contributed by atoms with van der Waals surface area (Å²) in [7, 11) is 0. The van der Waals surface area contributed by atoms with Crippen LogP contribution in [-0.4, -0.2) is 27.3 Å². The second-order valence-electron chi connectivity index (χ2n) is 4.57. The third-order valence-electron chi connectivity index (χ3n) is 3.30. The molecule has 102 valence electrons. The van der Waals surface area contributed by atoms with Crippen LogP contribution in [0.25, 0.3) is 0 Å². The molecule has 3 rings (SSSR count). The van der Waals surface area contributed by atoms with E-state index in [0.717, 1.165) is 17.4 Å². The summed E-state index contributed by atoms with van der Waals surface area (Å²) >= 11 is 6.08. The number of rotatable bonds is 3. The predicted octanol–water partition coefficient (Wildman–Crippen LogP) is 1.24. The lowest BCUT2D eigenvalue weighted by molar-refractivity contribution is -0.108. The number of hydrogen-bond acceptors (Lipinski definition) is 6. The van der Waals surface area contributed by atoms with Gasteiger partial charge in [-0.3, -0.25) is 4.98 Å². The van der Waals surface area contributed by atoms with Crippen LogP contribution in [0.15, 0.2) is 24.5 Å². The summed E-state index contributed by atoms with van der Waals surface area (Å²) in [6, 6.07) is 3.49. The second-order valence-corrected chi connectivity index (χ2v) is 4.92. The Bertz CT molecular complexity index is 649. The van der Waals surface area contributed by atoms with Crippen LogP contribution in [0.5, 0.6) is 0 Å². The molecule has 7 heteroatoms. The van der Waals surface area contributed by atoms with Crippen LogP contribution < -0.4 is 10.6 Å². The molecule has 0 bridgehead atoms. The van der Waals surface area contributed by atoms with Crippen LogP contribution in [0, 0.1) is 0 Å². The van der Waals surface area contributed by atoms with Crippen LogP contribution in [0.3, 0.4) is 0 Å². The van der Waals surface area contributed by atoms with E-state index in [-0.39, 0.29) is 12.0 Å². The fourth-order valence-corrected chi connectivity index (χ4v) is 2.60. The van der Waals surface area contributed by atoms with Gasteiger partial charge in [0.2, 0.25) is 5.95 Å². The number of pyridine rings is 1. The highest BCUT2D eigenvalue weighted by Crippen LogP contribution is 2.35. The summed E-state index contributed by atoms with van der Waals surface area (Å²) in [5.74, 6) is 0.747. The molecule has 0 saturated carbocycles. The molecule has 1 aliphatic rings. The Hall–Kier alpha value is -2.21. The number of carbonyl (C=O) groups excluding carboxylic acids is 1. The van der Waals surface area contributed by atoms with Gasteiger partial charge in [0.05, 0.1) is 6.04 Å². The Morgan fingerprint density at radius 2 is 2.15 bits per heavy atom. The highest BCUT2D eigenvalue weighted by molar-refractivity contribution is 6.30. The minimum absolute atomic E-state index is 0.111. The van der Waals surface area contributed by atoms with Crippen molar-refractivity contribution in [3.8, 4) is 0 Å². The molecule has 0 aliphatic carbocycles.